The van der Waals surface area contributed by atoms with Gasteiger partial charge in [-0.2, -0.15) is 0 Å². The summed E-state index contributed by atoms with van der Waals surface area (Å²) >= 11 is 6.18. The van der Waals surface area contributed by atoms with Crippen LogP contribution in [0.15, 0.2) is 210 Å². The van der Waals surface area contributed by atoms with Crippen LogP contribution in [0.25, 0.3) is 10.9 Å². The molecule has 1 unspecified atom stereocenters. The summed E-state index contributed by atoms with van der Waals surface area (Å²) in [7, 11) is -11.2. The van der Waals surface area contributed by atoms with E-state index >= 15 is 0 Å². The number of rotatable bonds is 18. The quantitative estimate of drug-likeness (QED) is 0.0621. The van der Waals surface area contributed by atoms with Crippen LogP contribution in [0.1, 0.15) is 74.8 Å². The summed E-state index contributed by atoms with van der Waals surface area (Å²) in [6, 6.07) is 43.0. The monoisotopic (exact) mass is 1570 g/mol. The first-order chi connectivity index (χ1) is 52.5. The molecule has 4 aromatic heterocycles. The van der Waals surface area contributed by atoms with Gasteiger partial charge in [0.1, 0.15) is 53.8 Å². The van der Waals surface area contributed by atoms with Gasteiger partial charge >= 0.3 is 0 Å². The molecule has 0 radical (unpaired) electrons. The van der Waals surface area contributed by atoms with Crippen LogP contribution in [-0.2, 0) is 63.7 Å². The summed E-state index contributed by atoms with van der Waals surface area (Å²) in [5.41, 5.74) is 8.66. The highest BCUT2D eigenvalue weighted by molar-refractivity contribution is 7.93. The van der Waals surface area contributed by atoms with E-state index in [9.17, 15) is 48.4 Å². The number of hydrogen-bond acceptors (Lipinski definition) is 18. The first-order valence-electron chi connectivity index (χ1n) is 36.0. The molecule has 0 saturated carbocycles. The Hall–Kier alpha value is -10.8. The number of aromatic amines is 1. The number of hydrogen-bond donors (Lipinski definition) is 4. The Labute approximate surface area is 645 Å². The van der Waals surface area contributed by atoms with Gasteiger partial charge in [-0.05, 0) is 220 Å². The number of carbonyl (C=O) groups excluding carboxylic acids is 3. The molecule has 2 atom stereocenters. The number of anilines is 7. The van der Waals surface area contributed by atoms with Crippen molar-refractivity contribution in [3.63, 3.8) is 0 Å². The number of benzene rings is 6. The van der Waals surface area contributed by atoms with E-state index in [-0.39, 0.29) is 93.1 Å². The number of likely N-dealkylation sites (tertiary alicyclic amines) is 1. The van der Waals surface area contributed by atoms with E-state index in [1.807, 2.05) is 54.0 Å². The van der Waals surface area contributed by atoms with Gasteiger partial charge < -0.3 is 39.3 Å². The number of sulfonamides is 3. The fraction of sp³-hybridized carbons (Fsp3) is 0.308. The number of piperidine rings is 1. The van der Waals surface area contributed by atoms with Crippen molar-refractivity contribution in [3.8, 4) is 0 Å². The molecule has 0 spiro atoms. The van der Waals surface area contributed by atoms with Crippen molar-refractivity contribution in [2.75, 3.05) is 112 Å². The highest BCUT2D eigenvalue weighted by atomic mass is 35.5. The topological polar surface area (TPSA) is 293 Å². The molecule has 0 aliphatic carbocycles. The summed E-state index contributed by atoms with van der Waals surface area (Å²) in [5.74, 6) is 0.605. The standard InChI is InChI=1S/C27H30ClN5O3S.C27H30FN5O3S.C24H23FN6O3S.5H2/c1-19(33-14-2-3-22-17-23(28)6-9-25(22)33)27(34)32-15-11-21(12-16-32)20-4-7-24(8-5-20)37(35,36)31-26-10-13-29-18-30-26;1-20(33-14-4-5-21-19-22(28)7-12-25(21)33)27(34)32-17-15-31(16-18-32)23-8-10-24(11-9-23)37(35,36)30-26-6-2-3-13-29-26;25-18-1-6-22-21(14-18)17(15-27-22)13-24(32)31-11-9-30(10-12-31)19-2-4-20(5-3-19)35(33,34)29-23-7-8-26-16-28-23;;;;;/h4-10,13,17-19,21H,2-3,11-12,14-16H2,1H3,(H,29,30,31);2-3,6-13,19-20H,4-5,14-18H2,1H3,(H,29,30);1-8,14-16,27H,9-13H2,(H,26,28,29);5*1H/t;20-;;;;;;/m.1....../s1. The minimum Gasteiger partial charge on any atom is -0.368 e. The van der Waals surface area contributed by atoms with Gasteiger partial charge in [0.05, 0.1) is 21.1 Å². The molecule has 4 N–H and O–H groups in total. The first kappa shape index (κ1) is 76.4. The number of aryl methyl sites for hydroxylation is 2. The number of pyridine rings is 1. The van der Waals surface area contributed by atoms with Crippen LogP contribution in [-0.4, -0.2) is 178 Å². The van der Waals surface area contributed by atoms with Crippen LogP contribution in [0.3, 0.4) is 0 Å². The zero-order valence-corrected chi connectivity index (χ0v) is 63.2. The van der Waals surface area contributed by atoms with E-state index in [1.54, 1.807) is 108 Å². The SMILES string of the molecule is CC(C(=O)N1CCC(c2ccc(S(=O)(=O)Nc3ccncn3)cc2)CC1)N1CCCc2cc(Cl)ccc21.C[C@H](C(=O)N1CCN(c2ccc(S(=O)(=O)Nc3ccccn3)cc2)CC1)N1CCCc2cc(F)ccc21.O=C(Cc1c[nH]c2ccc(F)cc12)N1CCN(c2ccc(S(=O)(=O)Nc3ccncn3)cc2)CC1.[HH].[HH].[HH].[HH].[HH]. The maximum atomic E-state index is 13.7. The van der Waals surface area contributed by atoms with Crippen molar-refractivity contribution in [1.29, 1.82) is 0 Å². The lowest BCUT2D eigenvalue weighted by molar-refractivity contribution is -0.133. The maximum absolute atomic E-state index is 13.7. The zero-order valence-electron chi connectivity index (χ0n) is 60.0. The third kappa shape index (κ3) is 18.5. The van der Waals surface area contributed by atoms with Crippen LogP contribution >= 0.6 is 11.6 Å². The molecule has 5 aliphatic rings. The molecule has 25 nitrogen and oxygen atoms in total. The average molecular weight is 1570 g/mol. The van der Waals surface area contributed by atoms with Crippen molar-refractivity contribution in [3.05, 3.63) is 234 Å². The predicted octanol–water partition coefficient (Wildman–Crippen LogP) is 12.0. The third-order valence-electron chi connectivity index (χ3n) is 20.4. The molecule has 9 heterocycles. The number of aromatic nitrogens is 6. The lowest BCUT2D eigenvalue weighted by atomic mass is 9.89. The van der Waals surface area contributed by atoms with Crippen molar-refractivity contribution in [2.24, 2.45) is 0 Å². The van der Waals surface area contributed by atoms with Gasteiger partial charge in [-0.3, -0.25) is 28.5 Å². The van der Waals surface area contributed by atoms with Gasteiger partial charge in [0, 0.05) is 149 Å². The molecular formula is C78H93ClF2N16O9S3. The summed E-state index contributed by atoms with van der Waals surface area (Å²) in [5, 5.41) is 1.45. The summed E-state index contributed by atoms with van der Waals surface area (Å²) < 4.78 is 111. The Balaban J connectivity index is 0.000000210. The maximum Gasteiger partial charge on any atom is 0.263 e. The fourth-order valence-corrected chi connectivity index (χ4v) is 17.7. The predicted molar refractivity (Wildman–Crippen MR) is 427 cm³/mol. The van der Waals surface area contributed by atoms with Gasteiger partial charge in [-0.1, -0.05) is 29.8 Å². The normalized spacial score (nSPS) is 16.1. The Morgan fingerprint density at radius 2 is 0.982 bits per heavy atom. The number of piperazine rings is 2. The second-order valence-electron chi connectivity index (χ2n) is 27.2. The third-order valence-corrected chi connectivity index (χ3v) is 24.7. The van der Waals surface area contributed by atoms with Crippen molar-refractivity contribution in [2.45, 2.75) is 91.5 Å². The van der Waals surface area contributed by atoms with E-state index in [1.165, 1.54) is 67.1 Å². The molecule has 5 aliphatic heterocycles. The van der Waals surface area contributed by atoms with Gasteiger partial charge in [0.25, 0.3) is 30.1 Å². The van der Waals surface area contributed by atoms with E-state index in [0.717, 1.165) is 107 Å². The van der Waals surface area contributed by atoms with Gasteiger partial charge in [-0.15, -0.1) is 0 Å². The second-order valence-corrected chi connectivity index (χ2v) is 32.7. The van der Waals surface area contributed by atoms with Crippen LogP contribution in [0.4, 0.5) is 49.0 Å². The minimum atomic E-state index is -3.76. The average Bonchev–Trinajstić information content (AvgIpc) is 1.40. The molecule has 109 heavy (non-hydrogen) atoms. The molecule has 0 bridgehead atoms. The summed E-state index contributed by atoms with van der Waals surface area (Å²) in [6.07, 6.45) is 14.4. The van der Waals surface area contributed by atoms with Crippen LogP contribution < -0.4 is 33.8 Å². The molecule has 15 rings (SSSR count). The Kier molecular flexibility index (Phi) is 23.7. The molecule has 3 saturated heterocycles. The molecule has 31 heteroatoms. The fourth-order valence-electron chi connectivity index (χ4n) is 14.5. The second kappa shape index (κ2) is 33.8. The van der Waals surface area contributed by atoms with E-state index in [0.29, 0.717) is 65.4 Å². The minimum absolute atomic E-state index is 0. The van der Waals surface area contributed by atoms with E-state index < -0.39 is 30.1 Å². The van der Waals surface area contributed by atoms with Gasteiger partial charge in [0.15, 0.2) is 0 Å². The first-order valence-corrected chi connectivity index (χ1v) is 40.9. The zero-order chi connectivity index (χ0) is 76.4. The number of nitrogens with one attached hydrogen (secondary N) is 4. The van der Waals surface area contributed by atoms with E-state index in [2.05, 4.69) is 63.7 Å². The summed E-state index contributed by atoms with van der Waals surface area (Å²) in [4.78, 5) is 76.7. The highest BCUT2D eigenvalue weighted by Gasteiger charge is 2.35. The molecule has 578 valence electrons. The Morgan fingerprint density at radius 3 is 1.49 bits per heavy atom. The van der Waals surface area contributed by atoms with Crippen molar-refractivity contribution < 1.29 is 55.6 Å². The van der Waals surface area contributed by atoms with Crippen LogP contribution in [0, 0.1) is 11.6 Å². The number of carbonyl (C=O) groups is 3. The van der Waals surface area contributed by atoms with Crippen molar-refractivity contribution >= 4 is 110 Å². The van der Waals surface area contributed by atoms with Gasteiger partial charge in [-0.25, -0.2) is 59.0 Å². The number of halogens is 3. The van der Waals surface area contributed by atoms with E-state index in [4.69, 9.17) is 11.6 Å². The summed E-state index contributed by atoms with van der Waals surface area (Å²) in [6.45, 7) is 11.7. The number of nitrogens with zero attached hydrogens (tertiary/aromatic N) is 12. The van der Waals surface area contributed by atoms with Gasteiger partial charge in [0.2, 0.25) is 17.7 Å². The largest absolute Gasteiger partial charge is 0.368 e. The number of H-pyrrole nitrogens is 1. The molecule has 3 fully saturated rings. The Morgan fingerprint density at radius 1 is 0.514 bits per heavy atom. The molecule has 10 aromatic rings. The lowest BCUT2D eigenvalue weighted by Crippen LogP contribution is -2.55. The molecular weight excluding hydrogens is 1470 g/mol. The molecule has 3 amide bonds. The van der Waals surface area contributed by atoms with Crippen LogP contribution in [0.2, 0.25) is 5.02 Å². The van der Waals surface area contributed by atoms with Crippen molar-refractivity contribution in [1.82, 2.24) is 44.6 Å². The number of fused-ring (bicyclic) bond motifs is 3. The number of amides is 3. The van der Waals surface area contributed by atoms with Crippen LogP contribution in [0.5, 0.6) is 0 Å². The highest BCUT2D eigenvalue weighted by Crippen LogP contribution is 2.36. The smallest absolute Gasteiger partial charge is 0.263 e. The molecule has 6 aromatic carbocycles. The Bertz CT molecular complexity index is 5020. The lowest BCUT2D eigenvalue weighted by Gasteiger charge is -2.41.